The first-order valence-electron chi connectivity index (χ1n) is 5.39. The normalized spacial score (nSPS) is 10.7. The van der Waals surface area contributed by atoms with Crippen molar-refractivity contribution in [1.29, 1.82) is 0 Å². The molecule has 86 valence electrons. The molecule has 0 aromatic heterocycles. The fourth-order valence-electron chi connectivity index (χ4n) is 1.79. The Hall–Kier alpha value is -1.47. The van der Waals surface area contributed by atoms with E-state index in [-0.39, 0.29) is 17.7 Å². The molecule has 0 atom stereocenters. The number of hydrogen-bond acceptors (Lipinski definition) is 2. The average Bonchev–Trinajstić information content (AvgIpc) is 2.17. The SMILES string of the molecule is CC(C)c1ccc(F)c(C(C)C)c1N=C=O. The van der Waals surface area contributed by atoms with Crippen molar-refractivity contribution in [2.45, 2.75) is 39.5 Å². The van der Waals surface area contributed by atoms with E-state index in [4.69, 9.17) is 0 Å². The molecule has 1 rings (SSSR count). The van der Waals surface area contributed by atoms with Crippen molar-refractivity contribution < 1.29 is 9.18 Å². The van der Waals surface area contributed by atoms with Gasteiger partial charge < -0.3 is 0 Å². The number of hydrogen-bond donors (Lipinski definition) is 0. The monoisotopic (exact) mass is 221 g/mol. The van der Waals surface area contributed by atoms with E-state index in [0.29, 0.717) is 11.3 Å². The zero-order chi connectivity index (χ0) is 12.3. The van der Waals surface area contributed by atoms with Gasteiger partial charge in [0.1, 0.15) is 5.82 Å². The highest BCUT2D eigenvalue weighted by Crippen LogP contribution is 2.36. The summed E-state index contributed by atoms with van der Waals surface area (Å²) >= 11 is 0. The Morgan fingerprint density at radius 2 is 1.81 bits per heavy atom. The number of nitrogens with zero attached hydrogens (tertiary/aromatic N) is 1. The number of isocyanates is 1. The molecule has 0 amide bonds. The molecule has 0 heterocycles. The third kappa shape index (κ3) is 2.37. The number of rotatable bonds is 3. The molecule has 0 spiro atoms. The minimum absolute atomic E-state index is 0.00852. The van der Waals surface area contributed by atoms with Gasteiger partial charge in [-0.1, -0.05) is 33.8 Å². The van der Waals surface area contributed by atoms with Crippen molar-refractivity contribution in [2.24, 2.45) is 4.99 Å². The highest BCUT2D eigenvalue weighted by atomic mass is 19.1. The topological polar surface area (TPSA) is 29.4 Å². The molecule has 0 bridgehead atoms. The third-order valence-corrected chi connectivity index (χ3v) is 2.55. The molecular weight excluding hydrogens is 205 g/mol. The third-order valence-electron chi connectivity index (χ3n) is 2.55. The van der Waals surface area contributed by atoms with E-state index in [1.54, 1.807) is 6.07 Å². The van der Waals surface area contributed by atoms with Gasteiger partial charge in [-0.3, -0.25) is 0 Å². The second kappa shape index (κ2) is 5.04. The lowest BCUT2D eigenvalue weighted by molar-refractivity contribution is 0.564. The van der Waals surface area contributed by atoms with Crippen LogP contribution in [0.15, 0.2) is 17.1 Å². The maximum atomic E-state index is 13.7. The Labute approximate surface area is 95.2 Å². The first-order chi connectivity index (χ1) is 7.49. The van der Waals surface area contributed by atoms with Crippen LogP contribution in [0.4, 0.5) is 10.1 Å². The Balaban J connectivity index is 3.56. The summed E-state index contributed by atoms with van der Waals surface area (Å²) in [4.78, 5) is 14.1. The molecule has 0 radical (unpaired) electrons. The van der Waals surface area contributed by atoms with Crippen molar-refractivity contribution in [3.63, 3.8) is 0 Å². The summed E-state index contributed by atoms with van der Waals surface area (Å²) in [7, 11) is 0. The molecule has 0 N–H and O–H groups in total. The van der Waals surface area contributed by atoms with Crippen LogP contribution >= 0.6 is 0 Å². The maximum Gasteiger partial charge on any atom is 0.240 e. The molecule has 2 nitrogen and oxygen atoms in total. The summed E-state index contributed by atoms with van der Waals surface area (Å²) in [5.74, 6) is -0.121. The number of aliphatic imine (C=N–C) groups is 1. The van der Waals surface area contributed by atoms with Gasteiger partial charge in [0.15, 0.2) is 0 Å². The fourth-order valence-corrected chi connectivity index (χ4v) is 1.79. The van der Waals surface area contributed by atoms with Crippen molar-refractivity contribution in [3.05, 3.63) is 29.1 Å². The molecule has 1 aromatic rings. The Kier molecular flexibility index (Phi) is 3.97. The van der Waals surface area contributed by atoms with E-state index < -0.39 is 0 Å². The van der Waals surface area contributed by atoms with Crippen LogP contribution in [0.25, 0.3) is 0 Å². The van der Waals surface area contributed by atoms with Crippen LogP contribution in [0.1, 0.15) is 50.7 Å². The zero-order valence-electron chi connectivity index (χ0n) is 10.0. The van der Waals surface area contributed by atoms with E-state index in [0.717, 1.165) is 5.56 Å². The van der Waals surface area contributed by atoms with Gasteiger partial charge in [-0.15, -0.1) is 0 Å². The molecule has 0 saturated heterocycles. The fraction of sp³-hybridized carbons (Fsp3) is 0.462. The van der Waals surface area contributed by atoms with Crippen LogP contribution in [0, 0.1) is 5.82 Å². The molecule has 1 aromatic carbocycles. The molecule has 0 aliphatic heterocycles. The van der Waals surface area contributed by atoms with E-state index in [2.05, 4.69) is 4.99 Å². The van der Waals surface area contributed by atoms with Gasteiger partial charge >= 0.3 is 0 Å². The molecule has 0 saturated carbocycles. The van der Waals surface area contributed by atoms with Gasteiger partial charge in [0.05, 0.1) is 5.69 Å². The summed E-state index contributed by atoms with van der Waals surface area (Å²) in [5, 5.41) is 0. The Morgan fingerprint density at radius 3 is 2.25 bits per heavy atom. The predicted octanol–water partition coefficient (Wildman–Crippen LogP) is 4.04. The number of carbonyl (C=O) groups excluding carboxylic acids is 1. The minimum atomic E-state index is -0.312. The van der Waals surface area contributed by atoms with Crippen LogP contribution in [0.2, 0.25) is 0 Å². The van der Waals surface area contributed by atoms with Crippen molar-refractivity contribution in [1.82, 2.24) is 0 Å². The first kappa shape index (κ1) is 12.6. The van der Waals surface area contributed by atoms with Crippen LogP contribution < -0.4 is 0 Å². The standard InChI is InChI=1S/C13H16FNO/c1-8(2)10-5-6-11(14)12(9(3)4)13(10)15-7-16/h5-6,8-9H,1-4H3. The second-order valence-electron chi connectivity index (χ2n) is 4.41. The lowest BCUT2D eigenvalue weighted by Gasteiger charge is -2.15. The molecule has 16 heavy (non-hydrogen) atoms. The Bertz CT molecular complexity index is 432. The zero-order valence-corrected chi connectivity index (χ0v) is 10.0. The van der Waals surface area contributed by atoms with Crippen LogP contribution in [0.3, 0.4) is 0 Å². The molecule has 3 heteroatoms. The number of benzene rings is 1. The summed E-state index contributed by atoms with van der Waals surface area (Å²) in [6.45, 7) is 7.74. The summed E-state index contributed by atoms with van der Waals surface area (Å²) in [6, 6.07) is 3.12. The predicted molar refractivity (Wildman–Crippen MR) is 62.4 cm³/mol. The highest BCUT2D eigenvalue weighted by molar-refractivity contribution is 5.61. The smallest absolute Gasteiger partial charge is 0.211 e. The molecule has 0 fully saturated rings. The van der Waals surface area contributed by atoms with Crippen molar-refractivity contribution in [2.75, 3.05) is 0 Å². The average molecular weight is 221 g/mol. The van der Waals surface area contributed by atoms with E-state index in [9.17, 15) is 9.18 Å². The summed E-state index contributed by atoms with van der Waals surface area (Å²) in [5.41, 5.74) is 1.82. The van der Waals surface area contributed by atoms with Crippen LogP contribution in [0.5, 0.6) is 0 Å². The molecular formula is C13H16FNO. The first-order valence-corrected chi connectivity index (χ1v) is 5.39. The number of halogens is 1. The van der Waals surface area contributed by atoms with Gasteiger partial charge in [-0.2, -0.15) is 4.99 Å². The van der Waals surface area contributed by atoms with E-state index in [1.807, 2.05) is 27.7 Å². The summed E-state index contributed by atoms with van der Waals surface area (Å²) in [6.07, 6.45) is 1.51. The van der Waals surface area contributed by atoms with Gasteiger partial charge in [0.25, 0.3) is 0 Å². The largest absolute Gasteiger partial charge is 0.240 e. The van der Waals surface area contributed by atoms with Gasteiger partial charge in [0, 0.05) is 5.56 Å². The van der Waals surface area contributed by atoms with Crippen LogP contribution in [-0.2, 0) is 4.79 Å². The lowest BCUT2D eigenvalue weighted by Crippen LogP contribution is -1.99. The van der Waals surface area contributed by atoms with Crippen molar-refractivity contribution >= 4 is 11.8 Å². The van der Waals surface area contributed by atoms with Gasteiger partial charge in [0.2, 0.25) is 6.08 Å². The van der Waals surface area contributed by atoms with E-state index in [1.165, 1.54) is 12.1 Å². The lowest BCUT2D eigenvalue weighted by atomic mass is 9.92. The Morgan fingerprint density at radius 1 is 1.19 bits per heavy atom. The van der Waals surface area contributed by atoms with E-state index >= 15 is 0 Å². The van der Waals surface area contributed by atoms with Gasteiger partial charge in [-0.05, 0) is 23.5 Å². The quantitative estimate of drug-likeness (QED) is 0.559. The second-order valence-corrected chi connectivity index (χ2v) is 4.41. The minimum Gasteiger partial charge on any atom is -0.211 e. The van der Waals surface area contributed by atoms with Crippen molar-refractivity contribution in [3.8, 4) is 0 Å². The molecule has 0 aliphatic carbocycles. The summed E-state index contributed by atoms with van der Waals surface area (Å²) < 4.78 is 13.7. The molecule has 0 unspecified atom stereocenters. The maximum absolute atomic E-state index is 13.7. The van der Waals surface area contributed by atoms with Gasteiger partial charge in [-0.25, -0.2) is 9.18 Å². The van der Waals surface area contributed by atoms with Crippen LogP contribution in [-0.4, -0.2) is 6.08 Å². The molecule has 0 aliphatic rings. The highest BCUT2D eigenvalue weighted by Gasteiger charge is 2.17.